The molecule has 0 bridgehead atoms. The first-order valence-corrected chi connectivity index (χ1v) is 8.51. The number of aromatic amines is 1. The van der Waals surface area contributed by atoms with Crippen LogP contribution in [0.4, 0.5) is 4.79 Å². The van der Waals surface area contributed by atoms with Crippen molar-refractivity contribution in [2.45, 2.75) is 4.90 Å². The zero-order valence-corrected chi connectivity index (χ0v) is 13.2. The van der Waals surface area contributed by atoms with Crippen molar-refractivity contribution in [1.82, 2.24) is 25.4 Å². The van der Waals surface area contributed by atoms with E-state index < -0.39 is 17.0 Å². The number of carboxylic acid groups (broad SMARTS) is 1. The molecule has 0 amide bonds. The molecule has 1 saturated heterocycles. The molecule has 0 spiro atoms. The molecule has 1 fully saturated rings. The molecule has 0 aliphatic carbocycles. The molecule has 3 rings (SSSR count). The molecule has 1 unspecified atom stereocenters. The molecule has 0 radical (unpaired) electrons. The number of fused-ring (bicyclic) bond motifs is 1. The van der Waals surface area contributed by atoms with Gasteiger partial charge in [0.05, 0.1) is 10.8 Å². The maximum Gasteiger partial charge on any atom is 0.525 e. The van der Waals surface area contributed by atoms with Crippen molar-refractivity contribution in [3.05, 3.63) is 18.2 Å². The van der Waals surface area contributed by atoms with Crippen LogP contribution in [0.1, 0.15) is 0 Å². The van der Waals surface area contributed by atoms with Crippen molar-refractivity contribution < 1.29 is 18.9 Å². The summed E-state index contributed by atoms with van der Waals surface area (Å²) in [5, 5.41) is 20.5. The Kier molecular flexibility index (Phi) is 4.84. The van der Waals surface area contributed by atoms with Crippen LogP contribution >= 0.6 is 0 Å². The molecule has 1 aliphatic heterocycles. The molecular weight excluding hydrogens is 322 g/mol. The van der Waals surface area contributed by atoms with E-state index in [1.165, 1.54) is 5.06 Å². The lowest BCUT2D eigenvalue weighted by molar-refractivity contribution is -0.138. The summed E-state index contributed by atoms with van der Waals surface area (Å²) in [6.07, 6.45) is -1.29. The van der Waals surface area contributed by atoms with Gasteiger partial charge in [0.1, 0.15) is 11.0 Å². The van der Waals surface area contributed by atoms with Crippen molar-refractivity contribution in [3.63, 3.8) is 0 Å². The fraction of sp³-hybridized carbons (Fsp3) is 0.462. The van der Waals surface area contributed by atoms with E-state index in [0.717, 1.165) is 10.4 Å². The Morgan fingerprint density at radius 1 is 1.26 bits per heavy atom. The van der Waals surface area contributed by atoms with Crippen molar-refractivity contribution in [1.29, 1.82) is 0 Å². The molecule has 2 N–H and O–H groups in total. The number of aromatic nitrogens is 3. The highest BCUT2D eigenvalue weighted by Crippen LogP contribution is 2.14. The van der Waals surface area contributed by atoms with E-state index in [2.05, 4.69) is 25.1 Å². The molecule has 9 nitrogen and oxygen atoms in total. The van der Waals surface area contributed by atoms with Crippen LogP contribution in [0.15, 0.2) is 23.1 Å². The van der Waals surface area contributed by atoms with Gasteiger partial charge in [0.15, 0.2) is 0 Å². The lowest BCUT2D eigenvalue weighted by Gasteiger charge is -2.32. The monoisotopic (exact) mass is 339 g/mol. The Morgan fingerprint density at radius 3 is 2.74 bits per heavy atom. The molecule has 124 valence electrons. The van der Waals surface area contributed by atoms with Crippen LogP contribution in [0.5, 0.6) is 0 Å². The second kappa shape index (κ2) is 7.02. The average Bonchev–Trinajstić information content (AvgIpc) is 3.01. The molecule has 1 aromatic heterocycles. The van der Waals surface area contributed by atoms with Crippen molar-refractivity contribution in [3.8, 4) is 0 Å². The van der Waals surface area contributed by atoms with Crippen LogP contribution in [0.3, 0.4) is 0 Å². The van der Waals surface area contributed by atoms with E-state index in [4.69, 9.17) is 5.11 Å². The number of hydrogen-bond donors (Lipinski definition) is 2. The third-order valence-corrected chi connectivity index (χ3v) is 5.02. The topological polar surface area (TPSA) is 112 Å². The molecule has 1 aromatic carbocycles. The second-order valence-electron chi connectivity index (χ2n) is 5.15. The van der Waals surface area contributed by atoms with Gasteiger partial charge in [-0.15, -0.1) is 5.06 Å². The Hall–Kier alpha value is -2.04. The molecule has 1 aliphatic rings. The van der Waals surface area contributed by atoms with Crippen molar-refractivity contribution in [2.24, 2.45) is 0 Å². The van der Waals surface area contributed by atoms with E-state index in [1.54, 1.807) is 18.2 Å². The van der Waals surface area contributed by atoms with E-state index in [-0.39, 0.29) is 0 Å². The molecule has 2 heterocycles. The van der Waals surface area contributed by atoms with Crippen LogP contribution in [0, 0.1) is 0 Å². The number of piperazine rings is 1. The Balaban J connectivity index is 1.48. The van der Waals surface area contributed by atoms with Crippen LogP contribution in [-0.2, 0) is 15.6 Å². The number of rotatable bonds is 5. The molecule has 23 heavy (non-hydrogen) atoms. The number of hydroxylamine groups is 2. The summed E-state index contributed by atoms with van der Waals surface area (Å²) in [6.45, 7) is 3.09. The summed E-state index contributed by atoms with van der Waals surface area (Å²) >= 11 is 0. The molecule has 0 saturated carbocycles. The zero-order valence-electron chi connectivity index (χ0n) is 12.3. The van der Waals surface area contributed by atoms with Gasteiger partial charge in [-0.1, -0.05) is 0 Å². The first kappa shape index (κ1) is 15.8. The summed E-state index contributed by atoms with van der Waals surface area (Å²) in [6, 6.07) is 5.39. The third kappa shape index (κ3) is 4.03. The van der Waals surface area contributed by atoms with Crippen LogP contribution < -0.4 is 0 Å². The fourth-order valence-electron chi connectivity index (χ4n) is 2.45. The van der Waals surface area contributed by atoms with E-state index in [9.17, 15) is 9.00 Å². The maximum absolute atomic E-state index is 12.4. The molecule has 1 atom stereocenters. The van der Waals surface area contributed by atoms with Gasteiger partial charge in [-0.05, 0) is 18.2 Å². The predicted molar refractivity (Wildman–Crippen MR) is 82.3 cm³/mol. The quantitative estimate of drug-likeness (QED) is 0.799. The summed E-state index contributed by atoms with van der Waals surface area (Å²) < 4.78 is 12.4. The number of nitrogens with one attached hydrogen (secondary N) is 1. The van der Waals surface area contributed by atoms with Gasteiger partial charge in [-0.25, -0.2) is 4.79 Å². The highest BCUT2D eigenvalue weighted by atomic mass is 32.2. The van der Waals surface area contributed by atoms with Gasteiger partial charge in [-0.3, -0.25) is 9.11 Å². The predicted octanol–water partition coefficient (Wildman–Crippen LogP) is 0.293. The Bertz CT molecular complexity index is 713. The number of carbonyl (C=O) groups is 1. The highest BCUT2D eigenvalue weighted by Gasteiger charge is 2.20. The largest absolute Gasteiger partial charge is 0.525 e. The molecule has 2 aromatic rings. The Morgan fingerprint density at radius 2 is 2.00 bits per heavy atom. The average molecular weight is 339 g/mol. The maximum atomic E-state index is 12.4. The van der Waals surface area contributed by atoms with Gasteiger partial charge in [0.2, 0.25) is 0 Å². The van der Waals surface area contributed by atoms with E-state index in [1.807, 2.05) is 0 Å². The van der Waals surface area contributed by atoms with Gasteiger partial charge < -0.3 is 9.94 Å². The number of hydrogen-bond acceptors (Lipinski definition) is 7. The third-order valence-electron chi connectivity index (χ3n) is 3.68. The minimum absolute atomic E-state index is 0.517. The SMILES string of the molecule is O=C(O)ON1CCN(CCS(=O)c2ccc3n[nH]nc3c2)CC1. The molecule has 10 heteroatoms. The fourth-order valence-corrected chi connectivity index (χ4v) is 3.57. The minimum atomic E-state index is -1.29. The van der Waals surface area contributed by atoms with Crippen LogP contribution in [0.25, 0.3) is 11.0 Å². The summed E-state index contributed by atoms with van der Waals surface area (Å²) in [5.41, 5.74) is 1.45. The summed E-state index contributed by atoms with van der Waals surface area (Å²) in [5.74, 6) is 0.517. The Labute approximate surface area is 134 Å². The van der Waals surface area contributed by atoms with Gasteiger partial charge in [0, 0.05) is 43.4 Å². The lowest BCUT2D eigenvalue weighted by Crippen LogP contribution is -2.47. The number of H-pyrrole nitrogens is 1. The smallest absolute Gasteiger partial charge is 0.448 e. The first-order valence-electron chi connectivity index (χ1n) is 7.19. The van der Waals surface area contributed by atoms with E-state index in [0.29, 0.717) is 44.0 Å². The highest BCUT2D eigenvalue weighted by molar-refractivity contribution is 7.85. The van der Waals surface area contributed by atoms with Crippen LogP contribution in [-0.4, -0.2) is 79.3 Å². The number of nitrogens with zero attached hydrogens (tertiary/aromatic N) is 4. The molecular formula is C13H17N5O4S. The lowest BCUT2D eigenvalue weighted by atomic mass is 10.3. The normalized spacial score (nSPS) is 18.1. The van der Waals surface area contributed by atoms with Gasteiger partial charge in [-0.2, -0.15) is 15.4 Å². The zero-order chi connectivity index (χ0) is 16.2. The van der Waals surface area contributed by atoms with Gasteiger partial charge >= 0.3 is 6.16 Å². The minimum Gasteiger partial charge on any atom is -0.448 e. The van der Waals surface area contributed by atoms with Gasteiger partial charge in [0.25, 0.3) is 0 Å². The van der Waals surface area contributed by atoms with Crippen molar-refractivity contribution >= 4 is 28.0 Å². The summed E-state index contributed by atoms with van der Waals surface area (Å²) in [4.78, 5) is 18.0. The van der Waals surface area contributed by atoms with Crippen LogP contribution in [0.2, 0.25) is 0 Å². The second-order valence-corrected chi connectivity index (χ2v) is 6.72. The summed E-state index contributed by atoms with van der Waals surface area (Å²) in [7, 11) is -1.11. The van der Waals surface area contributed by atoms with E-state index >= 15 is 0 Å². The van der Waals surface area contributed by atoms with Crippen molar-refractivity contribution in [2.75, 3.05) is 38.5 Å². The standard InChI is InChI=1S/C13H17N5O4S/c19-13(20)22-18-5-3-17(4-6-18)7-8-23(21)10-1-2-11-12(9-10)15-16-14-11/h1-2,9H,3-8H2,(H,19,20)(H,14,15,16). The number of benzene rings is 1. The first-order chi connectivity index (χ1) is 11.1.